The lowest BCUT2D eigenvalue weighted by molar-refractivity contribution is 1.18. The minimum Gasteiger partial charge on any atom is -0.354 e. The Hall–Kier alpha value is -3.23. The summed E-state index contributed by atoms with van der Waals surface area (Å²) in [5.74, 6) is 0. The second-order valence-electron chi connectivity index (χ2n) is 6.52. The fourth-order valence-electron chi connectivity index (χ4n) is 3.62. The van der Waals surface area contributed by atoms with Crippen LogP contribution in [0, 0.1) is 0 Å². The highest BCUT2D eigenvalue weighted by molar-refractivity contribution is 6.33. The molecule has 0 aliphatic carbocycles. The van der Waals surface area contributed by atoms with E-state index in [2.05, 4.69) is 76.6 Å². The number of rotatable bonds is 3. The number of hydrogen-bond donors (Lipinski definition) is 1. The number of halogens is 1. The molecule has 4 aromatic carbocycles. The summed E-state index contributed by atoms with van der Waals surface area (Å²) in [6.07, 6.45) is 0. The van der Waals surface area contributed by atoms with Gasteiger partial charge in [0.15, 0.2) is 0 Å². The maximum Gasteiger partial charge on any atom is 0.0640 e. The van der Waals surface area contributed by atoms with Crippen LogP contribution in [0.25, 0.3) is 27.5 Å². The first-order chi connectivity index (χ1) is 13.3. The van der Waals surface area contributed by atoms with Gasteiger partial charge in [0.25, 0.3) is 0 Å². The Kier molecular flexibility index (Phi) is 3.84. The van der Waals surface area contributed by atoms with Crippen LogP contribution in [0.2, 0.25) is 5.02 Å². The van der Waals surface area contributed by atoms with Gasteiger partial charge in [-0.3, -0.25) is 0 Å². The van der Waals surface area contributed by atoms with E-state index in [-0.39, 0.29) is 0 Å². The summed E-state index contributed by atoms with van der Waals surface area (Å²) in [6, 6.07) is 33.2. The van der Waals surface area contributed by atoms with Crippen LogP contribution in [0.1, 0.15) is 0 Å². The summed E-state index contributed by atoms with van der Waals surface area (Å²) in [7, 11) is 0. The molecular formula is C24H17ClN2. The van der Waals surface area contributed by atoms with Crippen molar-refractivity contribution < 1.29 is 0 Å². The van der Waals surface area contributed by atoms with Crippen LogP contribution in [-0.4, -0.2) is 4.57 Å². The van der Waals surface area contributed by atoms with Gasteiger partial charge in [0.1, 0.15) is 0 Å². The van der Waals surface area contributed by atoms with Gasteiger partial charge in [-0.25, -0.2) is 0 Å². The highest BCUT2D eigenvalue weighted by Gasteiger charge is 2.12. The van der Waals surface area contributed by atoms with Crippen molar-refractivity contribution in [1.82, 2.24) is 4.57 Å². The Balaban J connectivity index is 1.74. The lowest BCUT2D eigenvalue weighted by atomic mass is 10.1. The second kappa shape index (κ2) is 6.49. The number of aromatic nitrogens is 1. The average molecular weight is 369 g/mol. The van der Waals surface area contributed by atoms with E-state index >= 15 is 0 Å². The first-order valence-electron chi connectivity index (χ1n) is 8.91. The van der Waals surface area contributed by atoms with E-state index in [1.54, 1.807) is 0 Å². The lowest BCUT2D eigenvalue weighted by Crippen LogP contribution is -1.95. The largest absolute Gasteiger partial charge is 0.354 e. The Labute approximate surface area is 162 Å². The van der Waals surface area contributed by atoms with Crippen LogP contribution in [-0.2, 0) is 0 Å². The third-order valence-corrected chi connectivity index (χ3v) is 5.17. The molecule has 27 heavy (non-hydrogen) atoms. The number of para-hydroxylation sites is 3. The molecule has 5 rings (SSSR count). The Morgan fingerprint density at radius 3 is 2.19 bits per heavy atom. The molecule has 0 saturated carbocycles. The van der Waals surface area contributed by atoms with Gasteiger partial charge in [-0.1, -0.05) is 66.2 Å². The van der Waals surface area contributed by atoms with Gasteiger partial charge < -0.3 is 9.88 Å². The van der Waals surface area contributed by atoms with Crippen molar-refractivity contribution in [3.8, 4) is 5.69 Å². The molecule has 0 bridgehead atoms. The smallest absolute Gasteiger partial charge is 0.0640 e. The normalized spacial score (nSPS) is 11.1. The van der Waals surface area contributed by atoms with Crippen molar-refractivity contribution in [2.75, 3.05) is 5.32 Å². The molecule has 0 spiro atoms. The van der Waals surface area contributed by atoms with Crippen molar-refractivity contribution in [3.63, 3.8) is 0 Å². The molecule has 0 atom stereocenters. The van der Waals surface area contributed by atoms with Gasteiger partial charge in [0.2, 0.25) is 0 Å². The van der Waals surface area contributed by atoms with E-state index < -0.39 is 0 Å². The molecule has 0 aliphatic rings. The number of anilines is 2. The zero-order valence-electron chi connectivity index (χ0n) is 14.6. The minimum absolute atomic E-state index is 0.709. The standard InChI is InChI=1S/C24H17ClN2/c25-21-11-5-6-12-22(21)26-17-14-15-20-19-10-4-7-13-23(19)27(24(20)16-17)18-8-2-1-3-9-18/h1-16,26H. The number of hydrogen-bond acceptors (Lipinski definition) is 1. The number of nitrogens with zero attached hydrogens (tertiary/aromatic N) is 1. The molecule has 0 fully saturated rings. The third-order valence-electron chi connectivity index (χ3n) is 4.84. The van der Waals surface area contributed by atoms with E-state index in [0.29, 0.717) is 5.02 Å². The van der Waals surface area contributed by atoms with Crippen molar-refractivity contribution in [1.29, 1.82) is 0 Å². The summed E-state index contributed by atoms with van der Waals surface area (Å²) in [4.78, 5) is 0. The molecule has 0 unspecified atom stereocenters. The molecule has 0 radical (unpaired) electrons. The minimum atomic E-state index is 0.709. The highest BCUT2D eigenvalue weighted by atomic mass is 35.5. The molecule has 5 aromatic rings. The number of nitrogens with one attached hydrogen (secondary N) is 1. The topological polar surface area (TPSA) is 17.0 Å². The van der Waals surface area contributed by atoms with Crippen molar-refractivity contribution in [3.05, 3.63) is 102 Å². The molecule has 1 N–H and O–H groups in total. The average Bonchev–Trinajstić information content (AvgIpc) is 3.04. The lowest BCUT2D eigenvalue weighted by Gasteiger charge is -2.11. The fourth-order valence-corrected chi connectivity index (χ4v) is 3.80. The molecule has 1 aromatic heterocycles. The fraction of sp³-hybridized carbons (Fsp3) is 0. The predicted molar refractivity (Wildman–Crippen MR) is 116 cm³/mol. The van der Waals surface area contributed by atoms with Gasteiger partial charge in [-0.05, 0) is 42.5 Å². The molecular weight excluding hydrogens is 352 g/mol. The monoisotopic (exact) mass is 368 g/mol. The third kappa shape index (κ3) is 2.75. The maximum atomic E-state index is 6.32. The summed E-state index contributed by atoms with van der Waals surface area (Å²) in [5, 5.41) is 6.64. The van der Waals surface area contributed by atoms with E-state index in [1.807, 2.05) is 30.3 Å². The van der Waals surface area contributed by atoms with Gasteiger partial charge in [-0.15, -0.1) is 0 Å². The number of fused-ring (bicyclic) bond motifs is 3. The quantitative estimate of drug-likeness (QED) is 0.357. The summed E-state index contributed by atoms with van der Waals surface area (Å²) in [6.45, 7) is 0. The van der Waals surface area contributed by atoms with Crippen LogP contribution in [0.5, 0.6) is 0 Å². The van der Waals surface area contributed by atoms with E-state index in [0.717, 1.165) is 17.1 Å². The molecule has 0 aliphatic heterocycles. The van der Waals surface area contributed by atoms with E-state index in [9.17, 15) is 0 Å². The first kappa shape index (κ1) is 16.0. The van der Waals surface area contributed by atoms with Gasteiger partial charge >= 0.3 is 0 Å². The Bertz CT molecular complexity index is 1260. The predicted octanol–water partition coefficient (Wildman–Crippen LogP) is 7.18. The van der Waals surface area contributed by atoms with Gasteiger partial charge in [-0.2, -0.15) is 0 Å². The SMILES string of the molecule is Clc1ccccc1Nc1ccc2c3ccccc3n(-c3ccccc3)c2c1. The van der Waals surface area contributed by atoms with Crippen molar-refractivity contribution in [2.24, 2.45) is 0 Å². The van der Waals surface area contributed by atoms with E-state index in [1.165, 1.54) is 21.8 Å². The molecule has 130 valence electrons. The van der Waals surface area contributed by atoms with Gasteiger partial charge in [0, 0.05) is 22.1 Å². The second-order valence-corrected chi connectivity index (χ2v) is 6.93. The first-order valence-corrected chi connectivity index (χ1v) is 9.29. The van der Waals surface area contributed by atoms with Crippen LogP contribution in [0.15, 0.2) is 97.1 Å². The Morgan fingerprint density at radius 1 is 0.630 bits per heavy atom. The highest BCUT2D eigenvalue weighted by Crippen LogP contribution is 2.34. The van der Waals surface area contributed by atoms with E-state index in [4.69, 9.17) is 11.6 Å². The summed E-state index contributed by atoms with van der Waals surface area (Å²) < 4.78 is 2.31. The van der Waals surface area contributed by atoms with Crippen molar-refractivity contribution in [2.45, 2.75) is 0 Å². The Morgan fingerprint density at radius 2 is 1.33 bits per heavy atom. The zero-order valence-corrected chi connectivity index (χ0v) is 15.3. The molecule has 3 heteroatoms. The van der Waals surface area contributed by atoms with Crippen LogP contribution in [0.4, 0.5) is 11.4 Å². The molecule has 0 amide bonds. The number of benzene rings is 4. The molecule has 0 saturated heterocycles. The van der Waals surface area contributed by atoms with Crippen LogP contribution in [0.3, 0.4) is 0 Å². The summed E-state index contributed by atoms with van der Waals surface area (Å²) in [5.41, 5.74) is 5.43. The van der Waals surface area contributed by atoms with Crippen LogP contribution < -0.4 is 5.32 Å². The maximum absolute atomic E-state index is 6.32. The molecule has 2 nitrogen and oxygen atoms in total. The molecule has 1 heterocycles. The van der Waals surface area contributed by atoms with Crippen LogP contribution >= 0.6 is 11.6 Å². The van der Waals surface area contributed by atoms with Gasteiger partial charge in [0.05, 0.1) is 21.7 Å². The zero-order chi connectivity index (χ0) is 18.2. The summed E-state index contributed by atoms with van der Waals surface area (Å²) >= 11 is 6.32. The van der Waals surface area contributed by atoms with Crippen molar-refractivity contribution >= 4 is 44.8 Å².